The molecule has 1 aromatic rings. The molecular weight excluding hydrogens is 345 g/mol. The Morgan fingerprint density at radius 2 is 1.76 bits per heavy atom. The molecule has 140 valence electrons. The molecule has 0 bridgehead atoms. The molecule has 0 aliphatic carbocycles. The summed E-state index contributed by atoms with van der Waals surface area (Å²) in [7, 11) is 0. The summed E-state index contributed by atoms with van der Waals surface area (Å²) in [6.45, 7) is 5.64. The van der Waals surface area contributed by atoms with Crippen LogP contribution in [-0.4, -0.2) is 53.3 Å². The summed E-state index contributed by atoms with van der Waals surface area (Å²) in [5.41, 5.74) is 5.34. The fourth-order valence-electron chi connectivity index (χ4n) is 3.12. The Morgan fingerprint density at radius 1 is 1.16 bits per heavy atom. The summed E-state index contributed by atoms with van der Waals surface area (Å²) >= 11 is 0. The van der Waals surface area contributed by atoms with Gasteiger partial charge >= 0.3 is 0 Å². The number of rotatable bonds is 4. The summed E-state index contributed by atoms with van der Waals surface area (Å²) < 4.78 is 13.8. The molecule has 2 N–H and O–H groups in total. The third kappa shape index (κ3) is 5.16. The molecule has 0 aromatic heterocycles. The first kappa shape index (κ1) is 21.4. The van der Waals surface area contributed by atoms with Crippen molar-refractivity contribution in [2.45, 2.75) is 38.6 Å². The van der Waals surface area contributed by atoms with Crippen LogP contribution in [0, 0.1) is 5.82 Å². The Balaban J connectivity index is 0.00000312. The van der Waals surface area contributed by atoms with Crippen molar-refractivity contribution in [1.29, 1.82) is 0 Å². The molecule has 1 saturated heterocycles. The summed E-state index contributed by atoms with van der Waals surface area (Å²) in [5.74, 6) is -0.923. The number of carbonyl (C=O) groups is 2. The van der Waals surface area contributed by atoms with Gasteiger partial charge < -0.3 is 15.5 Å². The third-order valence-electron chi connectivity index (χ3n) is 4.43. The highest BCUT2D eigenvalue weighted by Crippen LogP contribution is 2.16. The van der Waals surface area contributed by atoms with Gasteiger partial charge in [0, 0.05) is 26.2 Å². The van der Waals surface area contributed by atoms with Gasteiger partial charge in [-0.05, 0) is 31.9 Å². The maximum Gasteiger partial charge on any atom is 0.256 e. The Labute approximate surface area is 154 Å². The van der Waals surface area contributed by atoms with Crippen LogP contribution in [0.15, 0.2) is 24.3 Å². The van der Waals surface area contributed by atoms with Gasteiger partial charge in [0.25, 0.3) is 5.91 Å². The van der Waals surface area contributed by atoms with Gasteiger partial charge in [-0.3, -0.25) is 9.59 Å². The monoisotopic (exact) mass is 371 g/mol. The predicted octanol–water partition coefficient (Wildman–Crippen LogP) is 2.44. The van der Waals surface area contributed by atoms with Crippen LogP contribution >= 0.6 is 12.4 Å². The maximum absolute atomic E-state index is 13.8. The number of nitrogens with two attached hydrogens (primary N) is 1. The van der Waals surface area contributed by atoms with E-state index in [0.717, 1.165) is 6.42 Å². The Hall–Kier alpha value is -1.66. The summed E-state index contributed by atoms with van der Waals surface area (Å²) in [6, 6.07) is 5.98. The molecular formula is C18H27ClFN3O2. The topological polar surface area (TPSA) is 66.6 Å². The van der Waals surface area contributed by atoms with Crippen LogP contribution in [-0.2, 0) is 4.79 Å². The molecule has 1 heterocycles. The second kappa shape index (κ2) is 9.15. The molecule has 2 amide bonds. The first-order valence-corrected chi connectivity index (χ1v) is 8.49. The smallest absolute Gasteiger partial charge is 0.256 e. The van der Waals surface area contributed by atoms with Crippen molar-refractivity contribution in [2.24, 2.45) is 5.73 Å². The lowest BCUT2D eigenvalue weighted by Gasteiger charge is -2.31. The zero-order valence-electron chi connectivity index (χ0n) is 14.8. The van der Waals surface area contributed by atoms with Crippen LogP contribution < -0.4 is 5.73 Å². The van der Waals surface area contributed by atoms with E-state index in [1.807, 2.05) is 6.92 Å². The van der Waals surface area contributed by atoms with Crippen molar-refractivity contribution in [3.05, 3.63) is 35.6 Å². The largest absolute Gasteiger partial charge is 0.339 e. The van der Waals surface area contributed by atoms with E-state index in [2.05, 4.69) is 0 Å². The first-order chi connectivity index (χ1) is 11.4. The molecule has 1 unspecified atom stereocenters. The average Bonchev–Trinajstić information content (AvgIpc) is 2.80. The average molecular weight is 372 g/mol. The van der Waals surface area contributed by atoms with Gasteiger partial charge in [0.1, 0.15) is 5.82 Å². The molecule has 0 spiro atoms. The van der Waals surface area contributed by atoms with E-state index in [0.29, 0.717) is 39.0 Å². The van der Waals surface area contributed by atoms with Crippen molar-refractivity contribution in [1.82, 2.24) is 9.80 Å². The third-order valence-corrected chi connectivity index (χ3v) is 4.43. The highest BCUT2D eigenvalue weighted by molar-refractivity contribution is 5.94. The van der Waals surface area contributed by atoms with Crippen molar-refractivity contribution < 1.29 is 14.0 Å². The SMILES string of the molecule is CCCC(C)(N)C(=O)N1CCCN(C(=O)c2ccccc2F)CC1.Cl. The summed E-state index contributed by atoms with van der Waals surface area (Å²) in [5, 5.41) is 0. The van der Waals surface area contributed by atoms with Crippen LogP contribution in [0.5, 0.6) is 0 Å². The minimum absolute atomic E-state index is 0. The number of amides is 2. The Morgan fingerprint density at radius 3 is 2.40 bits per heavy atom. The molecule has 7 heteroatoms. The maximum atomic E-state index is 13.8. The number of halogens is 2. The molecule has 1 fully saturated rings. The molecule has 1 aromatic carbocycles. The lowest BCUT2D eigenvalue weighted by Crippen LogP contribution is -2.54. The molecule has 0 radical (unpaired) electrons. The quantitative estimate of drug-likeness (QED) is 0.884. The minimum atomic E-state index is -0.876. The number of nitrogens with zero attached hydrogens (tertiary/aromatic N) is 2. The van der Waals surface area contributed by atoms with Crippen molar-refractivity contribution in [3.8, 4) is 0 Å². The van der Waals surface area contributed by atoms with Crippen molar-refractivity contribution >= 4 is 24.2 Å². The minimum Gasteiger partial charge on any atom is -0.339 e. The zero-order chi connectivity index (χ0) is 17.7. The number of hydrogen-bond donors (Lipinski definition) is 1. The predicted molar refractivity (Wildman–Crippen MR) is 98.2 cm³/mol. The Bertz CT molecular complexity index is 610. The fourth-order valence-corrected chi connectivity index (χ4v) is 3.12. The van der Waals surface area contributed by atoms with Gasteiger partial charge in [-0.25, -0.2) is 4.39 Å². The first-order valence-electron chi connectivity index (χ1n) is 8.49. The van der Waals surface area contributed by atoms with E-state index in [4.69, 9.17) is 5.73 Å². The molecule has 5 nitrogen and oxygen atoms in total. The molecule has 2 rings (SSSR count). The van der Waals surface area contributed by atoms with E-state index in [-0.39, 0.29) is 29.8 Å². The van der Waals surface area contributed by atoms with Crippen LogP contribution in [0.1, 0.15) is 43.5 Å². The van der Waals surface area contributed by atoms with Crippen molar-refractivity contribution in [3.63, 3.8) is 0 Å². The van der Waals surface area contributed by atoms with Gasteiger partial charge in [0.2, 0.25) is 5.91 Å². The van der Waals surface area contributed by atoms with Gasteiger partial charge in [0.05, 0.1) is 11.1 Å². The number of hydrogen-bond acceptors (Lipinski definition) is 3. The number of benzene rings is 1. The number of carbonyl (C=O) groups excluding carboxylic acids is 2. The van der Waals surface area contributed by atoms with E-state index in [9.17, 15) is 14.0 Å². The lowest BCUT2D eigenvalue weighted by atomic mass is 9.95. The highest BCUT2D eigenvalue weighted by Gasteiger charge is 2.33. The van der Waals surface area contributed by atoms with Crippen LogP contribution in [0.3, 0.4) is 0 Å². The standard InChI is InChI=1S/C18H26FN3O2.ClH/c1-3-9-18(2,20)17(24)22-11-6-10-21(12-13-22)16(23)14-7-4-5-8-15(14)19;/h4-5,7-8H,3,6,9-13,20H2,1-2H3;1H. The van der Waals surface area contributed by atoms with E-state index >= 15 is 0 Å². The molecule has 0 saturated carbocycles. The van der Waals surface area contributed by atoms with E-state index in [1.54, 1.807) is 28.9 Å². The molecule has 1 atom stereocenters. The van der Waals surface area contributed by atoms with E-state index in [1.165, 1.54) is 12.1 Å². The van der Waals surface area contributed by atoms with Gasteiger partial charge in [0.15, 0.2) is 0 Å². The second-order valence-electron chi connectivity index (χ2n) is 6.59. The molecule has 25 heavy (non-hydrogen) atoms. The fraction of sp³-hybridized carbons (Fsp3) is 0.556. The van der Waals surface area contributed by atoms with Gasteiger partial charge in [-0.1, -0.05) is 25.5 Å². The molecule has 1 aliphatic rings. The Kier molecular flexibility index (Phi) is 7.83. The van der Waals surface area contributed by atoms with Crippen LogP contribution in [0.4, 0.5) is 4.39 Å². The van der Waals surface area contributed by atoms with Gasteiger partial charge in [-0.2, -0.15) is 0 Å². The van der Waals surface area contributed by atoms with Crippen LogP contribution in [0.25, 0.3) is 0 Å². The van der Waals surface area contributed by atoms with Crippen LogP contribution in [0.2, 0.25) is 0 Å². The van der Waals surface area contributed by atoms with Gasteiger partial charge in [-0.15, -0.1) is 12.4 Å². The normalized spacial score (nSPS) is 17.3. The van der Waals surface area contributed by atoms with Crippen molar-refractivity contribution in [2.75, 3.05) is 26.2 Å². The second-order valence-corrected chi connectivity index (χ2v) is 6.59. The zero-order valence-corrected chi connectivity index (χ0v) is 15.7. The summed E-state index contributed by atoms with van der Waals surface area (Å²) in [6.07, 6.45) is 2.12. The summed E-state index contributed by atoms with van der Waals surface area (Å²) in [4.78, 5) is 28.4. The lowest BCUT2D eigenvalue weighted by molar-refractivity contribution is -0.136. The highest BCUT2D eigenvalue weighted by atomic mass is 35.5. The molecule has 1 aliphatic heterocycles. The van der Waals surface area contributed by atoms with E-state index < -0.39 is 11.4 Å².